The molecule has 0 atom stereocenters. The van der Waals surface area contributed by atoms with Gasteiger partial charge in [-0.25, -0.2) is 0 Å². The topological polar surface area (TPSA) is 41.6 Å². The standard InChI is InChI=1S/C17H26N2O2/c1-13(2)12-21-17-7-5-4-6-16(17)18-15-8-10-19(11-9-15)14(3)20/h4-7,13,15,18H,8-12H2,1-3H3. The Morgan fingerprint density at radius 3 is 2.62 bits per heavy atom. The Bertz CT molecular complexity index is 466. The molecule has 1 saturated heterocycles. The fourth-order valence-electron chi connectivity index (χ4n) is 2.53. The zero-order valence-corrected chi connectivity index (χ0v) is 13.3. The summed E-state index contributed by atoms with van der Waals surface area (Å²) in [6.07, 6.45) is 1.97. The van der Waals surface area contributed by atoms with Gasteiger partial charge in [-0.2, -0.15) is 0 Å². The minimum Gasteiger partial charge on any atom is -0.491 e. The van der Waals surface area contributed by atoms with Crippen LogP contribution >= 0.6 is 0 Å². The zero-order valence-electron chi connectivity index (χ0n) is 13.3. The van der Waals surface area contributed by atoms with E-state index in [1.807, 2.05) is 23.1 Å². The molecule has 4 heteroatoms. The maximum atomic E-state index is 11.4. The van der Waals surface area contributed by atoms with Gasteiger partial charge in [0.15, 0.2) is 0 Å². The number of hydrogen-bond donors (Lipinski definition) is 1. The fraction of sp³-hybridized carbons (Fsp3) is 0.588. The van der Waals surface area contributed by atoms with Crippen LogP contribution in [0.4, 0.5) is 5.69 Å². The molecule has 0 spiro atoms. The van der Waals surface area contributed by atoms with E-state index >= 15 is 0 Å². The van der Waals surface area contributed by atoms with Gasteiger partial charge in [0.25, 0.3) is 0 Å². The summed E-state index contributed by atoms with van der Waals surface area (Å²) < 4.78 is 5.87. The first-order valence-electron chi connectivity index (χ1n) is 7.80. The maximum absolute atomic E-state index is 11.4. The number of piperidine rings is 1. The summed E-state index contributed by atoms with van der Waals surface area (Å²) in [5.74, 6) is 1.60. The van der Waals surface area contributed by atoms with Crippen LogP contribution in [0.1, 0.15) is 33.6 Å². The predicted octanol–water partition coefficient (Wildman–Crippen LogP) is 3.14. The highest BCUT2D eigenvalue weighted by atomic mass is 16.5. The van der Waals surface area contributed by atoms with Crippen molar-refractivity contribution >= 4 is 11.6 Å². The number of anilines is 1. The van der Waals surface area contributed by atoms with Crippen LogP contribution in [0.2, 0.25) is 0 Å². The molecule has 1 aliphatic heterocycles. The second-order valence-corrected chi connectivity index (χ2v) is 6.13. The van der Waals surface area contributed by atoms with E-state index in [1.54, 1.807) is 6.92 Å². The third-order valence-electron chi connectivity index (χ3n) is 3.76. The minimum absolute atomic E-state index is 0.175. The van der Waals surface area contributed by atoms with Gasteiger partial charge in [0.2, 0.25) is 5.91 Å². The average molecular weight is 290 g/mol. The van der Waals surface area contributed by atoms with Gasteiger partial charge in [0, 0.05) is 26.1 Å². The maximum Gasteiger partial charge on any atom is 0.219 e. The molecule has 2 rings (SSSR count). The summed E-state index contributed by atoms with van der Waals surface area (Å²) in [5.41, 5.74) is 1.06. The summed E-state index contributed by atoms with van der Waals surface area (Å²) in [7, 11) is 0. The Labute approximate surface area is 127 Å². The lowest BCUT2D eigenvalue weighted by molar-refractivity contribution is -0.129. The number of ether oxygens (including phenoxy) is 1. The quantitative estimate of drug-likeness (QED) is 0.906. The van der Waals surface area contributed by atoms with Crippen molar-refractivity contribution in [2.75, 3.05) is 25.0 Å². The summed E-state index contributed by atoms with van der Waals surface area (Å²) >= 11 is 0. The number of para-hydroxylation sites is 2. The lowest BCUT2D eigenvalue weighted by Crippen LogP contribution is -2.41. The van der Waals surface area contributed by atoms with Crippen LogP contribution in [-0.4, -0.2) is 36.5 Å². The van der Waals surface area contributed by atoms with Crippen molar-refractivity contribution in [2.45, 2.75) is 39.7 Å². The van der Waals surface area contributed by atoms with E-state index in [2.05, 4.69) is 25.2 Å². The SMILES string of the molecule is CC(=O)N1CCC(Nc2ccccc2OCC(C)C)CC1. The van der Waals surface area contributed by atoms with E-state index < -0.39 is 0 Å². The molecule has 1 aromatic carbocycles. The van der Waals surface area contributed by atoms with E-state index in [0.717, 1.165) is 44.0 Å². The van der Waals surface area contributed by atoms with Gasteiger partial charge in [0.05, 0.1) is 12.3 Å². The molecule has 1 aromatic rings. The number of carbonyl (C=O) groups is 1. The summed E-state index contributed by atoms with van der Waals surface area (Å²) in [5, 5.41) is 3.57. The third-order valence-corrected chi connectivity index (χ3v) is 3.76. The normalized spacial score (nSPS) is 16.1. The second-order valence-electron chi connectivity index (χ2n) is 6.13. The first-order chi connectivity index (χ1) is 10.1. The lowest BCUT2D eigenvalue weighted by Gasteiger charge is -2.32. The van der Waals surface area contributed by atoms with Gasteiger partial charge >= 0.3 is 0 Å². The van der Waals surface area contributed by atoms with Crippen molar-refractivity contribution in [3.8, 4) is 5.75 Å². The Hall–Kier alpha value is -1.71. The average Bonchev–Trinajstić information content (AvgIpc) is 2.47. The van der Waals surface area contributed by atoms with Gasteiger partial charge in [-0.05, 0) is 30.9 Å². The van der Waals surface area contributed by atoms with Crippen LogP contribution in [0.15, 0.2) is 24.3 Å². The van der Waals surface area contributed by atoms with Gasteiger partial charge in [-0.1, -0.05) is 26.0 Å². The van der Waals surface area contributed by atoms with Crippen molar-refractivity contribution in [1.29, 1.82) is 0 Å². The number of nitrogens with one attached hydrogen (secondary N) is 1. The van der Waals surface area contributed by atoms with E-state index in [1.165, 1.54) is 0 Å². The van der Waals surface area contributed by atoms with Crippen molar-refractivity contribution in [1.82, 2.24) is 4.90 Å². The van der Waals surface area contributed by atoms with Crippen molar-refractivity contribution in [3.05, 3.63) is 24.3 Å². The molecule has 0 bridgehead atoms. The van der Waals surface area contributed by atoms with Crippen LogP contribution in [0.25, 0.3) is 0 Å². The number of carbonyl (C=O) groups excluding carboxylic acids is 1. The molecule has 0 radical (unpaired) electrons. The van der Waals surface area contributed by atoms with Crippen molar-refractivity contribution < 1.29 is 9.53 Å². The van der Waals surface area contributed by atoms with Crippen LogP contribution in [0.5, 0.6) is 5.75 Å². The number of amides is 1. The Morgan fingerprint density at radius 2 is 2.00 bits per heavy atom. The second kappa shape index (κ2) is 7.34. The molecule has 0 aliphatic carbocycles. The van der Waals surface area contributed by atoms with Gasteiger partial charge in [0.1, 0.15) is 5.75 Å². The number of likely N-dealkylation sites (tertiary alicyclic amines) is 1. The molecule has 21 heavy (non-hydrogen) atoms. The first kappa shape index (κ1) is 15.7. The molecule has 1 N–H and O–H groups in total. The molecule has 0 aromatic heterocycles. The summed E-state index contributed by atoms with van der Waals surface area (Å²) in [6.45, 7) is 8.33. The largest absolute Gasteiger partial charge is 0.491 e. The number of rotatable bonds is 5. The molecule has 116 valence electrons. The lowest BCUT2D eigenvalue weighted by atomic mass is 10.0. The van der Waals surface area contributed by atoms with Crippen LogP contribution in [0, 0.1) is 5.92 Å². The summed E-state index contributed by atoms with van der Waals surface area (Å²) in [6, 6.07) is 8.50. The number of benzene rings is 1. The van der Waals surface area contributed by atoms with Gasteiger partial charge < -0.3 is 15.0 Å². The smallest absolute Gasteiger partial charge is 0.219 e. The van der Waals surface area contributed by atoms with Gasteiger partial charge in [-0.3, -0.25) is 4.79 Å². The van der Waals surface area contributed by atoms with Crippen LogP contribution in [-0.2, 0) is 4.79 Å². The fourth-order valence-corrected chi connectivity index (χ4v) is 2.53. The van der Waals surface area contributed by atoms with E-state index in [-0.39, 0.29) is 5.91 Å². The highest BCUT2D eigenvalue weighted by Crippen LogP contribution is 2.27. The third kappa shape index (κ3) is 4.66. The summed E-state index contributed by atoms with van der Waals surface area (Å²) in [4.78, 5) is 13.3. The number of hydrogen-bond acceptors (Lipinski definition) is 3. The Balaban J connectivity index is 1.92. The van der Waals surface area contributed by atoms with E-state index in [0.29, 0.717) is 12.0 Å². The Morgan fingerprint density at radius 1 is 1.33 bits per heavy atom. The molecule has 1 aliphatic rings. The molecular weight excluding hydrogens is 264 g/mol. The van der Waals surface area contributed by atoms with E-state index in [9.17, 15) is 4.79 Å². The van der Waals surface area contributed by atoms with Crippen molar-refractivity contribution in [2.24, 2.45) is 5.92 Å². The molecule has 4 nitrogen and oxygen atoms in total. The molecule has 0 saturated carbocycles. The highest BCUT2D eigenvalue weighted by Gasteiger charge is 2.21. The monoisotopic (exact) mass is 290 g/mol. The minimum atomic E-state index is 0.175. The zero-order chi connectivity index (χ0) is 15.2. The molecule has 1 amide bonds. The first-order valence-corrected chi connectivity index (χ1v) is 7.80. The van der Waals surface area contributed by atoms with Gasteiger partial charge in [-0.15, -0.1) is 0 Å². The van der Waals surface area contributed by atoms with Crippen LogP contribution in [0.3, 0.4) is 0 Å². The molecular formula is C17H26N2O2. The Kier molecular flexibility index (Phi) is 5.48. The molecule has 1 fully saturated rings. The molecule has 0 unspecified atom stereocenters. The molecule has 1 heterocycles. The van der Waals surface area contributed by atoms with Crippen molar-refractivity contribution in [3.63, 3.8) is 0 Å². The van der Waals surface area contributed by atoms with Crippen LogP contribution < -0.4 is 10.1 Å². The number of nitrogens with zero attached hydrogens (tertiary/aromatic N) is 1. The highest BCUT2D eigenvalue weighted by molar-refractivity contribution is 5.73. The van der Waals surface area contributed by atoms with E-state index in [4.69, 9.17) is 4.74 Å². The predicted molar refractivity (Wildman–Crippen MR) is 85.7 cm³/mol.